The van der Waals surface area contributed by atoms with Gasteiger partial charge in [-0.1, -0.05) is 17.7 Å². The number of ether oxygens (including phenoxy) is 1. The van der Waals surface area contributed by atoms with Gasteiger partial charge in [-0.15, -0.1) is 11.3 Å². The quantitative estimate of drug-likeness (QED) is 0.843. The number of aromatic nitrogens is 1. The van der Waals surface area contributed by atoms with E-state index in [4.69, 9.17) is 11.6 Å². The van der Waals surface area contributed by atoms with Crippen molar-refractivity contribution in [1.82, 2.24) is 4.98 Å². The number of carbonyl (C=O) groups is 1. The van der Waals surface area contributed by atoms with Crippen molar-refractivity contribution in [2.75, 3.05) is 6.61 Å². The number of rotatable bonds is 4. The van der Waals surface area contributed by atoms with Crippen LogP contribution in [0, 0.1) is 0 Å². The van der Waals surface area contributed by atoms with E-state index < -0.39 is 18.2 Å². The third-order valence-corrected chi connectivity index (χ3v) is 3.68. The van der Waals surface area contributed by atoms with Crippen LogP contribution < -0.4 is 0 Å². The average molecular weight is 302 g/mol. The van der Waals surface area contributed by atoms with Crippen molar-refractivity contribution in [3.8, 4) is 0 Å². The van der Waals surface area contributed by atoms with Gasteiger partial charge in [-0.05, 0) is 24.6 Å². The second-order valence-corrected chi connectivity index (χ2v) is 5.45. The van der Waals surface area contributed by atoms with Gasteiger partial charge in [0.15, 0.2) is 10.6 Å². The molecule has 0 aliphatic rings. The SMILES string of the molecule is CCOC(=O)C(O)C(O)c1ccc2nc(Cl)sc2c1. The summed E-state index contributed by atoms with van der Waals surface area (Å²) in [4.78, 5) is 15.4. The van der Waals surface area contributed by atoms with Crippen LogP contribution in [0.3, 0.4) is 0 Å². The summed E-state index contributed by atoms with van der Waals surface area (Å²) in [5.41, 5.74) is 1.12. The molecule has 102 valence electrons. The van der Waals surface area contributed by atoms with Crippen molar-refractivity contribution < 1.29 is 19.7 Å². The zero-order valence-corrected chi connectivity index (χ0v) is 11.6. The number of aliphatic hydroxyl groups excluding tert-OH is 2. The maximum Gasteiger partial charge on any atom is 0.338 e. The fourth-order valence-corrected chi connectivity index (χ4v) is 2.72. The molecule has 2 unspecified atom stereocenters. The number of hydrogen-bond donors (Lipinski definition) is 2. The molecule has 1 aromatic carbocycles. The van der Waals surface area contributed by atoms with E-state index >= 15 is 0 Å². The van der Waals surface area contributed by atoms with Crippen LogP contribution in [0.2, 0.25) is 4.47 Å². The Labute approximate surface area is 118 Å². The molecule has 0 saturated carbocycles. The van der Waals surface area contributed by atoms with Crippen LogP contribution in [0.4, 0.5) is 0 Å². The number of carbonyl (C=O) groups excluding carboxylic acids is 1. The van der Waals surface area contributed by atoms with Gasteiger partial charge in [0.2, 0.25) is 0 Å². The van der Waals surface area contributed by atoms with E-state index in [1.54, 1.807) is 25.1 Å². The number of fused-ring (bicyclic) bond motifs is 1. The van der Waals surface area contributed by atoms with E-state index in [0.717, 1.165) is 4.70 Å². The molecule has 0 amide bonds. The monoisotopic (exact) mass is 301 g/mol. The lowest BCUT2D eigenvalue weighted by atomic mass is 10.0. The van der Waals surface area contributed by atoms with Gasteiger partial charge in [0.1, 0.15) is 6.10 Å². The Kier molecular flexibility index (Phi) is 4.36. The van der Waals surface area contributed by atoms with E-state index in [1.165, 1.54) is 11.3 Å². The zero-order chi connectivity index (χ0) is 14.0. The van der Waals surface area contributed by atoms with E-state index in [1.807, 2.05) is 0 Å². The molecule has 0 radical (unpaired) electrons. The van der Waals surface area contributed by atoms with E-state index in [0.29, 0.717) is 15.5 Å². The smallest absolute Gasteiger partial charge is 0.338 e. The highest BCUT2D eigenvalue weighted by atomic mass is 35.5. The summed E-state index contributed by atoms with van der Waals surface area (Å²) in [6.45, 7) is 1.77. The lowest BCUT2D eigenvalue weighted by molar-refractivity contribution is -0.159. The Balaban J connectivity index is 2.25. The summed E-state index contributed by atoms with van der Waals surface area (Å²) in [5, 5.41) is 19.6. The second kappa shape index (κ2) is 5.83. The van der Waals surface area contributed by atoms with Crippen LogP contribution in [0.1, 0.15) is 18.6 Å². The molecule has 19 heavy (non-hydrogen) atoms. The molecule has 1 aromatic heterocycles. The molecule has 0 fully saturated rings. The Morgan fingerprint density at radius 1 is 1.53 bits per heavy atom. The number of nitrogens with zero attached hydrogens (tertiary/aromatic N) is 1. The van der Waals surface area contributed by atoms with Crippen LogP contribution in [-0.2, 0) is 9.53 Å². The lowest BCUT2D eigenvalue weighted by Crippen LogP contribution is -2.29. The fraction of sp³-hybridized carbons (Fsp3) is 0.333. The number of esters is 1. The molecule has 2 aromatic rings. The van der Waals surface area contributed by atoms with E-state index in [9.17, 15) is 15.0 Å². The first-order valence-corrected chi connectivity index (χ1v) is 6.81. The largest absolute Gasteiger partial charge is 0.464 e. The minimum atomic E-state index is -1.61. The summed E-state index contributed by atoms with van der Waals surface area (Å²) >= 11 is 7.05. The third-order valence-electron chi connectivity index (χ3n) is 2.56. The molecule has 1 heterocycles. The highest BCUT2D eigenvalue weighted by Gasteiger charge is 2.27. The average Bonchev–Trinajstić information content (AvgIpc) is 2.76. The van der Waals surface area contributed by atoms with Gasteiger partial charge in [0, 0.05) is 0 Å². The first-order chi connectivity index (χ1) is 9.02. The Morgan fingerprint density at radius 2 is 2.26 bits per heavy atom. The fourth-order valence-electron chi connectivity index (χ4n) is 1.64. The van der Waals surface area contributed by atoms with Gasteiger partial charge in [-0.2, -0.15) is 0 Å². The number of hydrogen-bond acceptors (Lipinski definition) is 6. The van der Waals surface area contributed by atoms with Crippen molar-refractivity contribution in [3.63, 3.8) is 0 Å². The van der Waals surface area contributed by atoms with Gasteiger partial charge in [-0.3, -0.25) is 0 Å². The molecule has 0 saturated heterocycles. The molecule has 5 nitrogen and oxygen atoms in total. The standard InChI is InChI=1S/C12H12ClNO4S/c1-2-18-11(17)10(16)9(15)6-3-4-7-8(5-6)19-12(13)14-7/h3-5,9-10,15-16H,2H2,1H3. The van der Waals surface area contributed by atoms with Gasteiger partial charge in [-0.25, -0.2) is 9.78 Å². The predicted octanol–water partition coefficient (Wildman–Crippen LogP) is 1.91. The first-order valence-electron chi connectivity index (χ1n) is 5.61. The number of aliphatic hydroxyl groups is 2. The normalized spacial score (nSPS) is 14.3. The Morgan fingerprint density at radius 3 is 2.95 bits per heavy atom. The highest BCUT2D eigenvalue weighted by Crippen LogP contribution is 2.29. The van der Waals surface area contributed by atoms with Gasteiger partial charge in [0.25, 0.3) is 0 Å². The summed E-state index contributed by atoms with van der Waals surface area (Å²) < 4.78 is 5.83. The van der Waals surface area contributed by atoms with Crippen LogP contribution in [0.15, 0.2) is 18.2 Å². The second-order valence-electron chi connectivity index (χ2n) is 3.84. The Hall–Kier alpha value is -1.21. The van der Waals surface area contributed by atoms with Crippen molar-refractivity contribution in [1.29, 1.82) is 0 Å². The van der Waals surface area contributed by atoms with Crippen LogP contribution in [0.5, 0.6) is 0 Å². The van der Waals surface area contributed by atoms with Gasteiger partial charge in [0.05, 0.1) is 16.8 Å². The molecule has 2 atom stereocenters. The minimum absolute atomic E-state index is 0.145. The third kappa shape index (κ3) is 3.03. The number of benzene rings is 1. The van der Waals surface area contributed by atoms with E-state index in [-0.39, 0.29) is 6.61 Å². The van der Waals surface area contributed by atoms with E-state index in [2.05, 4.69) is 9.72 Å². The topological polar surface area (TPSA) is 79.7 Å². The van der Waals surface area contributed by atoms with Gasteiger partial charge < -0.3 is 14.9 Å². The Bertz CT molecular complexity index is 600. The molecule has 0 aliphatic heterocycles. The zero-order valence-electron chi connectivity index (χ0n) is 10.0. The molecule has 2 rings (SSSR count). The number of thiazole rings is 1. The summed E-state index contributed by atoms with van der Waals surface area (Å²) in [7, 11) is 0. The molecule has 0 spiro atoms. The molecule has 7 heteroatoms. The number of halogens is 1. The summed E-state index contributed by atoms with van der Waals surface area (Å²) in [6, 6.07) is 4.91. The highest BCUT2D eigenvalue weighted by molar-refractivity contribution is 7.22. The summed E-state index contributed by atoms with van der Waals surface area (Å²) in [6.07, 6.45) is -2.95. The lowest BCUT2D eigenvalue weighted by Gasteiger charge is -2.16. The predicted molar refractivity (Wildman–Crippen MR) is 72.2 cm³/mol. The van der Waals surface area contributed by atoms with Crippen LogP contribution in [-0.4, -0.2) is 33.9 Å². The van der Waals surface area contributed by atoms with Crippen LogP contribution >= 0.6 is 22.9 Å². The van der Waals surface area contributed by atoms with Gasteiger partial charge >= 0.3 is 5.97 Å². The minimum Gasteiger partial charge on any atom is -0.464 e. The maximum absolute atomic E-state index is 11.4. The molecule has 2 N–H and O–H groups in total. The van der Waals surface area contributed by atoms with Crippen LogP contribution in [0.25, 0.3) is 10.2 Å². The first kappa shape index (κ1) is 14.2. The van der Waals surface area contributed by atoms with Crippen molar-refractivity contribution in [2.24, 2.45) is 0 Å². The summed E-state index contributed by atoms with van der Waals surface area (Å²) in [5.74, 6) is -0.850. The molecule has 0 aliphatic carbocycles. The molecular formula is C12H12ClNO4S. The maximum atomic E-state index is 11.4. The van der Waals surface area contributed by atoms with Crippen molar-refractivity contribution in [2.45, 2.75) is 19.1 Å². The molecular weight excluding hydrogens is 290 g/mol. The van der Waals surface area contributed by atoms with Crippen molar-refractivity contribution >= 4 is 39.1 Å². The molecule has 0 bridgehead atoms. The van der Waals surface area contributed by atoms with Crippen molar-refractivity contribution in [3.05, 3.63) is 28.2 Å².